The predicted octanol–water partition coefficient (Wildman–Crippen LogP) is 2.90. The Kier molecular flexibility index (Phi) is 5.97. The fraction of sp³-hybridized carbons (Fsp3) is 0.533. The highest BCUT2D eigenvalue weighted by atomic mass is 35.5. The first-order valence-corrected chi connectivity index (χ1v) is 7.93. The van der Waals surface area contributed by atoms with E-state index in [0.29, 0.717) is 29.7 Å². The molecule has 1 atom stereocenters. The first-order chi connectivity index (χ1) is 10.1. The standard InChI is InChI=1S/C15H18Cl2N2O2.ClH/c16-11-2-1-3-12(17)14(11)15(4-5-15)19-13(20)8-10-9-21-7-6-18-10;/h1-3,10,18H,4-9H2,(H,19,20);1H. The van der Waals surface area contributed by atoms with Gasteiger partial charge in [-0.3, -0.25) is 4.79 Å². The van der Waals surface area contributed by atoms with Gasteiger partial charge >= 0.3 is 0 Å². The molecule has 1 aromatic rings. The maximum absolute atomic E-state index is 12.3. The van der Waals surface area contributed by atoms with Gasteiger partial charge in [-0.2, -0.15) is 0 Å². The van der Waals surface area contributed by atoms with Gasteiger partial charge < -0.3 is 15.4 Å². The quantitative estimate of drug-likeness (QED) is 0.862. The Morgan fingerprint density at radius 2 is 2.05 bits per heavy atom. The Balaban J connectivity index is 0.00000176. The number of morpholine rings is 1. The van der Waals surface area contributed by atoms with Crippen LogP contribution in [0, 0.1) is 0 Å². The minimum atomic E-state index is -0.387. The largest absolute Gasteiger partial charge is 0.378 e. The van der Waals surface area contributed by atoms with E-state index in [-0.39, 0.29) is 29.9 Å². The van der Waals surface area contributed by atoms with E-state index in [1.807, 2.05) is 18.2 Å². The summed E-state index contributed by atoms with van der Waals surface area (Å²) >= 11 is 12.5. The molecule has 0 radical (unpaired) electrons. The van der Waals surface area contributed by atoms with Crippen LogP contribution in [0.15, 0.2) is 18.2 Å². The summed E-state index contributed by atoms with van der Waals surface area (Å²) in [5.41, 5.74) is 0.455. The molecule has 1 saturated carbocycles. The van der Waals surface area contributed by atoms with Crippen LogP contribution in [0.5, 0.6) is 0 Å². The molecular formula is C15H19Cl3N2O2. The van der Waals surface area contributed by atoms with Gasteiger partial charge in [0.05, 0.1) is 18.8 Å². The summed E-state index contributed by atoms with van der Waals surface area (Å²) in [5, 5.41) is 7.61. The van der Waals surface area contributed by atoms with Crippen LogP contribution in [0.25, 0.3) is 0 Å². The fourth-order valence-electron chi connectivity index (χ4n) is 2.81. The highest BCUT2D eigenvalue weighted by Gasteiger charge is 2.48. The molecule has 3 rings (SSSR count). The monoisotopic (exact) mass is 364 g/mol. The zero-order valence-electron chi connectivity index (χ0n) is 12.0. The number of hydrogen-bond acceptors (Lipinski definition) is 3. The molecule has 1 heterocycles. The number of nitrogens with one attached hydrogen (secondary N) is 2. The SMILES string of the molecule is Cl.O=C(CC1COCCN1)NC1(c2c(Cl)cccc2Cl)CC1. The smallest absolute Gasteiger partial charge is 0.222 e. The van der Waals surface area contributed by atoms with E-state index in [0.717, 1.165) is 24.9 Å². The molecule has 4 nitrogen and oxygen atoms in total. The van der Waals surface area contributed by atoms with E-state index in [1.54, 1.807) is 0 Å². The van der Waals surface area contributed by atoms with Crippen molar-refractivity contribution in [3.63, 3.8) is 0 Å². The van der Waals surface area contributed by atoms with Crippen LogP contribution in [0.2, 0.25) is 10.0 Å². The van der Waals surface area contributed by atoms with Crippen LogP contribution in [0.1, 0.15) is 24.8 Å². The number of benzene rings is 1. The van der Waals surface area contributed by atoms with Gasteiger partial charge in [-0.05, 0) is 25.0 Å². The van der Waals surface area contributed by atoms with Gasteiger partial charge in [0, 0.05) is 34.6 Å². The number of carbonyl (C=O) groups excluding carboxylic acids is 1. The topological polar surface area (TPSA) is 50.4 Å². The second-order valence-corrected chi connectivity index (χ2v) is 6.47. The van der Waals surface area contributed by atoms with Crippen molar-refractivity contribution in [3.05, 3.63) is 33.8 Å². The maximum Gasteiger partial charge on any atom is 0.222 e. The number of rotatable bonds is 4. The van der Waals surface area contributed by atoms with Crippen LogP contribution >= 0.6 is 35.6 Å². The lowest BCUT2D eigenvalue weighted by molar-refractivity contribution is -0.123. The van der Waals surface area contributed by atoms with Crippen molar-refractivity contribution in [1.82, 2.24) is 10.6 Å². The summed E-state index contributed by atoms with van der Waals surface area (Å²) in [4.78, 5) is 12.3. The van der Waals surface area contributed by atoms with Gasteiger partial charge in [0.2, 0.25) is 5.91 Å². The zero-order valence-corrected chi connectivity index (χ0v) is 14.4. The number of carbonyl (C=O) groups is 1. The van der Waals surface area contributed by atoms with E-state index in [2.05, 4.69) is 10.6 Å². The summed E-state index contributed by atoms with van der Waals surface area (Å²) < 4.78 is 5.37. The Morgan fingerprint density at radius 3 is 2.59 bits per heavy atom. The highest BCUT2D eigenvalue weighted by Crippen LogP contribution is 2.50. The average molecular weight is 366 g/mol. The molecule has 1 aliphatic heterocycles. The van der Waals surface area contributed by atoms with Crippen LogP contribution in [-0.4, -0.2) is 31.7 Å². The van der Waals surface area contributed by atoms with Gasteiger partial charge in [0.25, 0.3) is 0 Å². The van der Waals surface area contributed by atoms with Crippen molar-refractivity contribution in [3.8, 4) is 0 Å². The lowest BCUT2D eigenvalue weighted by atomic mass is 10.0. The normalized spacial score (nSPS) is 22.5. The summed E-state index contributed by atoms with van der Waals surface area (Å²) in [6.45, 7) is 2.07. The van der Waals surface area contributed by atoms with Crippen molar-refractivity contribution in [2.75, 3.05) is 19.8 Å². The van der Waals surface area contributed by atoms with E-state index < -0.39 is 0 Å². The Hall–Kier alpha value is -0.520. The predicted molar refractivity (Wildman–Crippen MR) is 90.0 cm³/mol. The van der Waals surface area contributed by atoms with Crippen molar-refractivity contribution in [1.29, 1.82) is 0 Å². The molecule has 2 fully saturated rings. The minimum absolute atomic E-state index is 0. The summed E-state index contributed by atoms with van der Waals surface area (Å²) in [6.07, 6.45) is 2.15. The second-order valence-electron chi connectivity index (χ2n) is 5.66. The molecule has 1 unspecified atom stereocenters. The van der Waals surface area contributed by atoms with Gasteiger partial charge in [0.1, 0.15) is 0 Å². The van der Waals surface area contributed by atoms with E-state index in [1.165, 1.54) is 0 Å². The van der Waals surface area contributed by atoms with Gasteiger partial charge in [-0.15, -0.1) is 12.4 Å². The molecule has 1 aliphatic carbocycles. The first-order valence-electron chi connectivity index (χ1n) is 7.17. The molecule has 122 valence electrons. The van der Waals surface area contributed by atoms with Gasteiger partial charge in [0.15, 0.2) is 0 Å². The minimum Gasteiger partial charge on any atom is -0.378 e. The molecule has 2 aliphatic rings. The molecule has 0 spiro atoms. The van der Waals surface area contributed by atoms with Gasteiger partial charge in [-0.25, -0.2) is 0 Å². The molecule has 1 saturated heterocycles. The van der Waals surface area contributed by atoms with E-state index in [9.17, 15) is 4.79 Å². The fourth-order valence-corrected chi connectivity index (χ4v) is 3.57. The molecule has 0 aromatic heterocycles. The third-order valence-electron chi connectivity index (χ3n) is 4.00. The molecule has 1 aromatic carbocycles. The van der Waals surface area contributed by atoms with Crippen molar-refractivity contribution in [2.24, 2.45) is 0 Å². The third-order valence-corrected chi connectivity index (χ3v) is 4.63. The van der Waals surface area contributed by atoms with Crippen LogP contribution in [-0.2, 0) is 15.1 Å². The van der Waals surface area contributed by atoms with Crippen LogP contribution < -0.4 is 10.6 Å². The highest BCUT2D eigenvalue weighted by molar-refractivity contribution is 6.36. The molecule has 1 amide bonds. The number of hydrogen-bond donors (Lipinski definition) is 2. The summed E-state index contributed by atoms with van der Waals surface area (Å²) in [6, 6.07) is 5.52. The van der Waals surface area contributed by atoms with Crippen molar-refractivity contribution >= 4 is 41.5 Å². The second kappa shape index (κ2) is 7.37. The Bertz CT molecular complexity index is 523. The Labute approximate surface area is 146 Å². The Morgan fingerprint density at radius 1 is 1.36 bits per heavy atom. The lowest BCUT2D eigenvalue weighted by Gasteiger charge is -2.25. The molecule has 22 heavy (non-hydrogen) atoms. The van der Waals surface area contributed by atoms with Gasteiger partial charge in [-0.1, -0.05) is 29.3 Å². The van der Waals surface area contributed by atoms with E-state index >= 15 is 0 Å². The van der Waals surface area contributed by atoms with Crippen molar-refractivity contribution in [2.45, 2.75) is 30.8 Å². The molecular weight excluding hydrogens is 347 g/mol. The van der Waals surface area contributed by atoms with Crippen molar-refractivity contribution < 1.29 is 9.53 Å². The molecule has 2 N–H and O–H groups in total. The summed E-state index contributed by atoms with van der Waals surface area (Å²) in [5.74, 6) is 0.00601. The summed E-state index contributed by atoms with van der Waals surface area (Å²) in [7, 11) is 0. The third kappa shape index (κ3) is 3.87. The average Bonchev–Trinajstić information content (AvgIpc) is 3.19. The number of halogens is 3. The molecule has 0 bridgehead atoms. The van der Waals surface area contributed by atoms with E-state index in [4.69, 9.17) is 27.9 Å². The molecule has 7 heteroatoms. The number of amides is 1. The maximum atomic E-state index is 12.3. The van der Waals surface area contributed by atoms with Crippen LogP contribution in [0.3, 0.4) is 0 Å². The first kappa shape index (κ1) is 17.8. The number of ether oxygens (including phenoxy) is 1. The lowest BCUT2D eigenvalue weighted by Crippen LogP contribution is -2.45. The van der Waals surface area contributed by atoms with Crippen LogP contribution in [0.4, 0.5) is 0 Å². The zero-order chi connectivity index (χ0) is 14.9.